The van der Waals surface area contributed by atoms with Gasteiger partial charge in [-0.05, 0) is 19.1 Å². The van der Waals surface area contributed by atoms with Crippen molar-refractivity contribution in [1.29, 1.82) is 0 Å². The van der Waals surface area contributed by atoms with Crippen LogP contribution in [0.1, 0.15) is 11.3 Å². The summed E-state index contributed by atoms with van der Waals surface area (Å²) >= 11 is 0. The van der Waals surface area contributed by atoms with E-state index >= 15 is 0 Å². The molecule has 3 rings (SSSR count). The van der Waals surface area contributed by atoms with E-state index in [1.54, 1.807) is 0 Å². The number of benzene rings is 1. The summed E-state index contributed by atoms with van der Waals surface area (Å²) in [6, 6.07) is 7.77. The zero-order valence-electron chi connectivity index (χ0n) is 11.8. The van der Waals surface area contributed by atoms with Gasteiger partial charge in [-0.3, -0.25) is 4.68 Å². The third-order valence-corrected chi connectivity index (χ3v) is 3.59. The first-order valence-corrected chi connectivity index (χ1v) is 6.80. The lowest BCUT2D eigenvalue weighted by Crippen LogP contribution is -2.38. The average Bonchev–Trinajstić information content (AvgIpc) is 2.79. The van der Waals surface area contributed by atoms with E-state index in [1.165, 1.54) is 11.3 Å². The van der Waals surface area contributed by atoms with Crippen LogP contribution in [-0.4, -0.2) is 29.0 Å². The molecule has 0 aliphatic carbocycles. The maximum atomic E-state index is 5.90. The van der Waals surface area contributed by atoms with Crippen LogP contribution >= 0.6 is 0 Å². The number of aryl methyl sites for hydroxylation is 1. The van der Waals surface area contributed by atoms with Crippen LogP contribution in [0.5, 0.6) is 11.5 Å². The molecule has 1 unspecified atom stereocenters. The maximum Gasteiger partial charge on any atom is 0.161 e. The van der Waals surface area contributed by atoms with E-state index in [9.17, 15) is 0 Å². The summed E-state index contributed by atoms with van der Waals surface area (Å²) in [5, 5.41) is 7.63. The molecular formula is C15H19N3O2. The van der Waals surface area contributed by atoms with Crippen molar-refractivity contribution in [1.82, 2.24) is 15.1 Å². The molecule has 0 spiro atoms. The average molecular weight is 273 g/mol. The lowest BCUT2D eigenvalue weighted by Gasteiger charge is -2.26. The van der Waals surface area contributed by atoms with Crippen LogP contribution in [0.15, 0.2) is 30.5 Å². The highest BCUT2D eigenvalue weighted by atomic mass is 16.6. The van der Waals surface area contributed by atoms with Crippen molar-refractivity contribution >= 4 is 0 Å². The number of ether oxygens (including phenoxy) is 2. The fourth-order valence-electron chi connectivity index (χ4n) is 2.25. The minimum atomic E-state index is 0.0434. The predicted molar refractivity (Wildman–Crippen MR) is 76.0 cm³/mol. The summed E-state index contributed by atoms with van der Waals surface area (Å²) in [5.74, 6) is 1.65. The van der Waals surface area contributed by atoms with Crippen molar-refractivity contribution in [2.45, 2.75) is 19.6 Å². The lowest BCUT2D eigenvalue weighted by molar-refractivity contribution is 0.0902. The smallest absolute Gasteiger partial charge is 0.161 e. The number of nitrogens with one attached hydrogen (secondary N) is 1. The van der Waals surface area contributed by atoms with Crippen LogP contribution < -0.4 is 14.8 Å². The minimum Gasteiger partial charge on any atom is -0.486 e. The molecule has 1 aliphatic rings. The minimum absolute atomic E-state index is 0.0434. The summed E-state index contributed by atoms with van der Waals surface area (Å²) in [6.07, 6.45) is 1.94. The second-order valence-electron chi connectivity index (χ2n) is 5.01. The van der Waals surface area contributed by atoms with Crippen molar-refractivity contribution in [2.75, 3.05) is 13.2 Å². The lowest BCUT2D eigenvalue weighted by atomic mass is 10.2. The Morgan fingerprint density at radius 2 is 2.15 bits per heavy atom. The standard InChI is InChI=1S/C15H19N3O2/c1-11-12(8-17-18(11)2)7-16-9-13-10-19-14-5-3-4-6-15(14)20-13/h3-6,8,13,16H,7,9-10H2,1-2H3. The number of hydrogen-bond acceptors (Lipinski definition) is 4. The van der Waals surface area contributed by atoms with Gasteiger partial charge in [0.25, 0.3) is 0 Å². The quantitative estimate of drug-likeness (QED) is 0.920. The third kappa shape index (κ3) is 2.63. The van der Waals surface area contributed by atoms with Gasteiger partial charge in [-0.15, -0.1) is 0 Å². The van der Waals surface area contributed by atoms with Gasteiger partial charge in [-0.1, -0.05) is 12.1 Å². The Morgan fingerprint density at radius 1 is 1.35 bits per heavy atom. The fourth-order valence-corrected chi connectivity index (χ4v) is 2.25. The second kappa shape index (κ2) is 5.54. The Labute approximate surface area is 118 Å². The molecule has 0 radical (unpaired) electrons. The maximum absolute atomic E-state index is 5.90. The molecule has 0 amide bonds. The summed E-state index contributed by atoms with van der Waals surface area (Å²) in [4.78, 5) is 0. The van der Waals surface area contributed by atoms with Crippen LogP contribution in [0.2, 0.25) is 0 Å². The third-order valence-electron chi connectivity index (χ3n) is 3.59. The summed E-state index contributed by atoms with van der Waals surface area (Å²) in [5.41, 5.74) is 2.40. The zero-order valence-corrected chi connectivity index (χ0v) is 11.8. The molecule has 0 fully saturated rings. The van der Waals surface area contributed by atoms with Crippen LogP contribution in [-0.2, 0) is 13.6 Å². The number of rotatable bonds is 4. The molecule has 0 bridgehead atoms. The van der Waals surface area contributed by atoms with Gasteiger partial charge in [0, 0.05) is 31.4 Å². The monoisotopic (exact) mass is 273 g/mol. The molecule has 1 aromatic carbocycles. The molecule has 20 heavy (non-hydrogen) atoms. The highest BCUT2D eigenvalue weighted by Crippen LogP contribution is 2.30. The van der Waals surface area contributed by atoms with E-state index in [0.29, 0.717) is 6.61 Å². The zero-order chi connectivity index (χ0) is 13.9. The molecule has 0 saturated heterocycles. The molecule has 2 aromatic rings. The van der Waals surface area contributed by atoms with Crippen molar-refractivity contribution in [3.05, 3.63) is 41.7 Å². The van der Waals surface area contributed by atoms with Gasteiger partial charge in [-0.25, -0.2) is 0 Å². The van der Waals surface area contributed by atoms with E-state index in [2.05, 4.69) is 17.3 Å². The van der Waals surface area contributed by atoms with Gasteiger partial charge in [0.1, 0.15) is 12.7 Å². The first-order chi connectivity index (χ1) is 9.74. The number of nitrogens with zero attached hydrogens (tertiary/aromatic N) is 2. The molecule has 106 valence electrons. The first kappa shape index (κ1) is 13.0. The Kier molecular flexibility index (Phi) is 3.60. The molecule has 0 saturated carbocycles. The molecular weight excluding hydrogens is 254 g/mol. The van der Waals surface area contributed by atoms with Crippen LogP contribution in [0.3, 0.4) is 0 Å². The summed E-state index contributed by atoms with van der Waals surface area (Å²) < 4.78 is 13.5. The van der Waals surface area contributed by atoms with Gasteiger partial charge in [-0.2, -0.15) is 5.10 Å². The van der Waals surface area contributed by atoms with E-state index in [-0.39, 0.29) is 6.10 Å². The molecule has 1 aromatic heterocycles. The fraction of sp³-hybridized carbons (Fsp3) is 0.400. The van der Waals surface area contributed by atoms with Gasteiger partial charge in [0.05, 0.1) is 6.20 Å². The Balaban J connectivity index is 1.52. The van der Waals surface area contributed by atoms with Crippen LogP contribution in [0.4, 0.5) is 0 Å². The molecule has 1 aliphatic heterocycles. The van der Waals surface area contributed by atoms with Crippen molar-refractivity contribution in [3.63, 3.8) is 0 Å². The summed E-state index contributed by atoms with van der Waals surface area (Å²) in [7, 11) is 1.95. The second-order valence-corrected chi connectivity index (χ2v) is 5.01. The topological polar surface area (TPSA) is 48.3 Å². The van der Waals surface area contributed by atoms with Gasteiger partial charge in [0.2, 0.25) is 0 Å². The van der Waals surface area contributed by atoms with Crippen molar-refractivity contribution < 1.29 is 9.47 Å². The highest BCUT2D eigenvalue weighted by molar-refractivity contribution is 5.40. The first-order valence-electron chi connectivity index (χ1n) is 6.80. The molecule has 5 heteroatoms. The Hall–Kier alpha value is -2.01. The van der Waals surface area contributed by atoms with E-state index in [0.717, 1.165) is 24.6 Å². The van der Waals surface area contributed by atoms with Crippen LogP contribution in [0.25, 0.3) is 0 Å². The molecule has 5 nitrogen and oxygen atoms in total. The number of fused-ring (bicyclic) bond motifs is 1. The number of aromatic nitrogens is 2. The van der Waals surface area contributed by atoms with Gasteiger partial charge < -0.3 is 14.8 Å². The predicted octanol–water partition coefficient (Wildman–Crippen LogP) is 1.66. The van der Waals surface area contributed by atoms with E-state index in [4.69, 9.17) is 9.47 Å². The van der Waals surface area contributed by atoms with E-state index in [1.807, 2.05) is 42.2 Å². The number of para-hydroxylation sites is 2. The number of hydrogen-bond donors (Lipinski definition) is 1. The SMILES string of the molecule is Cc1c(CNCC2COc3ccccc3O2)cnn1C. The normalized spacial score (nSPS) is 17.2. The summed E-state index contributed by atoms with van der Waals surface area (Å²) in [6.45, 7) is 4.19. The molecule has 2 heterocycles. The van der Waals surface area contributed by atoms with E-state index < -0.39 is 0 Å². The Morgan fingerprint density at radius 3 is 2.90 bits per heavy atom. The molecule has 1 N–H and O–H groups in total. The van der Waals surface area contributed by atoms with Crippen molar-refractivity contribution in [3.8, 4) is 11.5 Å². The largest absolute Gasteiger partial charge is 0.486 e. The van der Waals surface area contributed by atoms with Gasteiger partial charge in [0.15, 0.2) is 11.5 Å². The Bertz CT molecular complexity index is 595. The van der Waals surface area contributed by atoms with Crippen LogP contribution in [0, 0.1) is 6.92 Å². The highest BCUT2D eigenvalue weighted by Gasteiger charge is 2.20. The van der Waals surface area contributed by atoms with Gasteiger partial charge >= 0.3 is 0 Å². The molecule has 1 atom stereocenters. The van der Waals surface area contributed by atoms with Crippen molar-refractivity contribution in [2.24, 2.45) is 7.05 Å².